The minimum Gasteiger partial charge on any atom is -0.508 e. The van der Waals surface area contributed by atoms with Crippen molar-refractivity contribution in [1.29, 1.82) is 0 Å². The van der Waals surface area contributed by atoms with Crippen LogP contribution in [0.5, 0.6) is 23.0 Å². The summed E-state index contributed by atoms with van der Waals surface area (Å²) in [6.07, 6.45) is 13.6. The fourth-order valence-corrected chi connectivity index (χ4v) is 10.6. The van der Waals surface area contributed by atoms with Crippen LogP contribution in [0.2, 0.25) is 0 Å². The summed E-state index contributed by atoms with van der Waals surface area (Å²) in [6, 6.07) is 36.1. The normalized spacial score (nSPS) is 15.4. The summed E-state index contributed by atoms with van der Waals surface area (Å²) in [5, 5.41) is 12.8. The third kappa shape index (κ3) is 9.66. The second kappa shape index (κ2) is 20.8. The third-order valence-electron chi connectivity index (χ3n) is 13.4. The largest absolute Gasteiger partial charge is 0.508 e. The minimum absolute atomic E-state index is 0.250. The van der Waals surface area contributed by atoms with E-state index < -0.39 is 0 Å². The Kier molecular flexibility index (Phi) is 14.3. The fraction of sp³-hybridized carbons (Fsp3) is 0.345. The van der Waals surface area contributed by atoms with Crippen LogP contribution in [0.3, 0.4) is 0 Å². The Bertz CT molecular complexity index is 2820. The van der Waals surface area contributed by atoms with Crippen molar-refractivity contribution in [1.82, 2.24) is 9.13 Å². The van der Waals surface area contributed by atoms with Crippen LogP contribution in [0, 0.1) is 13.8 Å². The average molecular weight is 873 g/mol. The summed E-state index contributed by atoms with van der Waals surface area (Å²) in [5.74, 6) is 4.11. The zero-order valence-electron chi connectivity index (χ0n) is 37.3. The van der Waals surface area contributed by atoms with Gasteiger partial charge in [-0.3, -0.25) is 0 Å². The fourth-order valence-electron chi connectivity index (χ4n) is 10.6. The Hall–Kier alpha value is -6.86. The summed E-state index contributed by atoms with van der Waals surface area (Å²) < 4.78 is 23.4. The van der Waals surface area contributed by atoms with E-state index >= 15 is 0 Å². The lowest BCUT2D eigenvalue weighted by atomic mass is 9.81. The lowest BCUT2D eigenvalue weighted by Crippen LogP contribution is -2.07. The van der Waals surface area contributed by atoms with E-state index in [9.17, 15) is 5.11 Å². The lowest BCUT2D eigenvalue weighted by Gasteiger charge is -2.23. The van der Waals surface area contributed by atoms with E-state index in [1.807, 2.05) is 24.3 Å². The van der Waals surface area contributed by atoms with E-state index in [0.29, 0.717) is 31.7 Å². The van der Waals surface area contributed by atoms with Gasteiger partial charge in [-0.05, 0) is 116 Å². The van der Waals surface area contributed by atoms with Gasteiger partial charge in [-0.2, -0.15) is 19.2 Å². The predicted molar refractivity (Wildman–Crippen MR) is 249 cm³/mol. The van der Waals surface area contributed by atoms with Crippen molar-refractivity contribution in [3.8, 4) is 45.5 Å². The maximum absolute atomic E-state index is 9.94. The van der Waals surface area contributed by atoms with Crippen molar-refractivity contribution in [3.63, 3.8) is 0 Å². The zero-order valence-corrected chi connectivity index (χ0v) is 37.3. The molecular formula is C55H56N2O8. The smallest absolute Gasteiger partial charge is 0.373 e. The van der Waals surface area contributed by atoms with Gasteiger partial charge in [-0.1, -0.05) is 93.1 Å². The van der Waals surface area contributed by atoms with Crippen LogP contribution >= 0.6 is 0 Å². The van der Waals surface area contributed by atoms with Crippen LogP contribution in [-0.4, -0.2) is 39.8 Å². The lowest BCUT2D eigenvalue weighted by molar-refractivity contribution is -0.193. The molecule has 0 bridgehead atoms. The number of benzene rings is 5. The first-order chi connectivity index (χ1) is 31.8. The SMILES string of the molecule is Cc1ccc2c(C3CCCCC3)c3n(c2c1)CCOc1cc(O)ccc1-3.Cc1ccc2c(C3CCCCC3)c3n(c2c1)CCOc1cc(OCc2ccccc2)ccc1-3.O=C=O.O=C=O. The number of rotatable bonds is 5. The van der Waals surface area contributed by atoms with Gasteiger partial charge in [0.1, 0.15) is 42.8 Å². The molecule has 4 heterocycles. The summed E-state index contributed by atoms with van der Waals surface area (Å²) in [4.78, 5) is 32.5. The predicted octanol–water partition coefficient (Wildman–Crippen LogP) is 12.2. The molecule has 5 aromatic carbocycles. The Morgan fingerprint density at radius 1 is 0.585 bits per heavy atom. The highest BCUT2D eigenvalue weighted by Gasteiger charge is 2.31. The van der Waals surface area contributed by atoms with Crippen LogP contribution in [-0.2, 0) is 38.9 Å². The van der Waals surface area contributed by atoms with Crippen molar-refractivity contribution in [2.24, 2.45) is 0 Å². The first-order valence-electron chi connectivity index (χ1n) is 23.0. The molecule has 0 saturated heterocycles. The van der Waals surface area contributed by atoms with Gasteiger partial charge in [-0.25, -0.2) is 0 Å². The standard InChI is InChI=1S/C30H31NO2.C23H25NO2.2CO2/c1-21-12-14-25-27(18-21)31-16-17-32-28-19-24(33-20-22-8-4-2-5-9-22)13-15-26(28)30(31)29(25)23-10-6-3-7-11-23;1-15-7-9-18-20(13-15)24-11-12-26-21-14-17(25)8-10-19(21)23(24)22(18)16-5-3-2-4-6-16;2*2-1-3/h2,4-5,8-9,12-15,18-19,23H,3,6-7,10-11,16-17,20H2,1H3;7-10,13-14,16,25H,2-6,11-12H2,1H3;;. The van der Waals surface area contributed by atoms with Gasteiger partial charge >= 0.3 is 12.3 Å². The molecule has 1 N–H and O–H groups in total. The molecule has 0 spiro atoms. The second-order valence-electron chi connectivity index (χ2n) is 17.5. The number of hydrogen-bond donors (Lipinski definition) is 1. The third-order valence-corrected chi connectivity index (χ3v) is 13.4. The van der Waals surface area contributed by atoms with Gasteiger partial charge in [0, 0.05) is 45.1 Å². The molecule has 2 fully saturated rings. The molecule has 11 rings (SSSR count). The Morgan fingerprint density at radius 3 is 1.57 bits per heavy atom. The van der Waals surface area contributed by atoms with Crippen molar-refractivity contribution in [2.75, 3.05) is 13.2 Å². The highest BCUT2D eigenvalue weighted by atomic mass is 16.5. The van der Waals surface area contributed by atoms with E-state index in [2.05, 4.69) is 89.7 Å². The molecule has 4 aliphatic rings. The first-order valence-corrected chi connectivity index (χ1v) is 23.0. The Balaban J connectivity index is 0.000000162. The van der Waals surface area contributed by atoms with E-state index in [-0.39, 0.29) is 18.1 Å². The van der Waals surface area contributed by atoms with Gasteiger partial charge in [0.15, 0.2) is 0 Å². The number of aromatic hydroxyl groups is 1. The molecule has 2 aliphatic heterocycles. The van der Waals surface area contributed by atoms with E-state index in [1.165, 1.54) is 131 Å². The number of aryl methyl sites for hydroxylation is 2. The molecule has 0 unspecified atom stereocenters. The summed E-state index contributed by atoms with van der Waals surface area (Å²) in [6.45, 7) is 7.94. The molecule has 2 aromatic heterocycles. The van der Waals surface area contributed by atoms with Crippen LogP contribution in [0.25, 0.3) is 44.3 Å². The van der Waals surface area contributed by atoms with Crippen molar-refractivity contribution >= 4 is 34.1 Å². The quantitative estimate of drug-likeness (QED) is 0.181. The number of phenolic OH excluding ortho intramolecular Hbond substituents is 1. The minimum atomic E-state index is 0.250. The van der Waals surface area contributed by atoms with E-state index in [0.717, 1.165) is 35.9 Å². The summed E-state index contributed by atoms with van der Waals surface area (Å²) in [5.41, 5.74) is 14.5. The van der Waals surface area contributed by atoms with Crippen LogP contribution in [0.4, 0.5) is 0 Å². The van der Waals surface area contributed by atoms with Crippen molar-refractivity contribution in [2.45, 2.75) is 110 Å². The molecule has 2 aliphatic carbocycles. The number of carbonyl (C=O) groups excluding carboxylic acids is 4. The molecule has 10 nitrogen and oxygen atoms in total. The molecule has 0 atom stereocenters. The van der Waals surface area contributed by atoms with E-state index in [1.54, 1.807) is 12.1 Å². The van der Waals surface area contributed by atoms with E-state index in [4.69, 9.17) is 33.4 Å². The highest BCUT2D eigenvalue weighted by molar-refractivity contribution is 5.95. The molecule has 0 amide bonds. The second-order valence-corrected chi connectivity index (χ2v) is 17.5. The number of phenols is 1. The first kappa shape index (κ1) is 44.7. The zero-order chi connectivity index (χ0) is 45.3. The Morgan fingerprint density at radius 2 is 1.06 bits per heavy atom. The molecular weight excluding hydrogens is 817 g/mol. The maximum Gasteiger partial charge on any atom is 0.373 e. The topological polar surface area (TPSA) is 126 Å². The molecule has 0 radical (unpaired) electrons. The molecule has 334 valence electrons. The van der Waals surface area contributed by atoms with Crippen LogP contribution in [0.1, 0.15) is 104 Å². The van der Waals surface area contributed by atoms with Gasteiger partial charge in [-0.15, -0.1) is 0 Å². The summed E-state index contributed by atoms with van der Waals surface area (Å²) >= 11 is 0. The van der Waals surface area contributed by atoms with Gasteiger partial charge in [0.05, 0.1) is 24.5 Å². The molecule has 2 saturated carbocycles. The van der Waals surface area contributed by atoms with Crippen LogP contribution in [0.15, 0.2) is 103 Å². The number of hydrogen-bond acceptors (Lipinski definition) is 8. The van der Waals surface area contributed by atoms with Gasteiger partial charge in [0.25, 0.3) is 0 Å². The maximum atomic E-state index is 9.94. The van der Waals surface area contributed by atoms with Gasteiger partial charge < -0.3 is 28.5 Å². The number of aromatic nitrogens is 2. The molecule has 7 aromatic rings. The monoisotopic (exact) mass is 872 g/mol. The Labute approximate surface area is 379 Å². The number of ether oxygens (including phenoxy) is 3. The van der Waals surface area contributed by atoms with Gasteiger partial charge in [0.2, 0.25) is 0 Å². The number of fused-ring (bicyclic) bond motifs is 10. The molecule has 65 heavy (non-hydrogen) atoms. The highest BCUT2D eigenvalue weighted by Crippen LogP contribution is 2.49. The summed E-state index contributed by atoms with van der Waals surface area (Å²) in [7, 11) is 0. The molecule has 10 heteroatoms. The van der Waals surface area contributed by atoms with Crippen molar-refractivity contribution < 1.29 is 38.5 Å². The number of nitrogens with zero attached hydrogens (tertiary/aromatic N) is 2. The van der Waals surface area contributed by atoms with Crippen molar-refractivity contribution in [3.05, 3.63) is 131 Å². The van der Waals surface area contributed by atoms with Crippen LogP contribution < -0.4 is 14.2 Å². The average Bonchev–Trinajstić information content (AvgIpc) is 3.63.